The molecule has 1 fully saturated rings. The van der Waals surface area contributed by atoms with Gasteiger partial charge in [0.05, 0.1) is 12.0 Å². The standard InChI is InChI=1S/C26H29FN2O5/c1-17-3-8-23(28-26(31)25-18(2)10-12-32-25)24(13-17)33-16-20(30)14-29-11-9-22(15-29)34-21-6-4-19(27)5-7-21/h3-8,10,12-13,20,22,30H,9,11,14-16H2,1-2H3,(H,28,31). The molecule has 1 amide bonds. The Labute approximate surface area is 198 Å². The monoisotopic (exact) mass is 468 g/mol. The Kier molecular flexibility index (Phi) is 7.49. The number of anilines is 1. The molecule has 0 radical (unpaired) electrons. The molecule has 0 bridgehead atoms. The van der Waals surface area contributed by atoms with Crippen molar-refractivity contribution >= 4 is 11.6 Å². The summed E-state index contributed by atoms with van der Waals surface area (Å²) < 4.78 is 30.1. The van der Waals surface area contributed by atoms with E-state index in [1.54, 1.807) is 31.2 Å². The Balaban J connectivity index is 1.28. The summed E-state index contributed by atoms with van der Waals surface area (Å²) in [6.07, 6.45) is 1.56. The highest BCUT2D eigenvalue weighted by Gasteiger charge is 2.26. The van der Waals surface area contributed by atoms with Crippen LogP contribution in [-0.2, 0) is 0 Å². The molecule has 2 heterocycles. The van der Waals surface area contributed by atoms with E-state index in [0.717, 1.165) is 24.1 Å². The smallest absolute Gasteiger partial charge is 0.291 e. The van der Waals surface area contributed by atoms with E-state index in [2.05, 4.69) is 10.2 Å². The van der Waals surface area contributed by atoms with Crippen LogP contribution in [0.15, 0.2) is 59.2 Å². The molecule has 0 aliphatic carbocycles. The number of aliphatic hydroxyl groups excluding tert-OH is 1. The number of rotatable bonds is 9. The van der Waals surface area contributed by atoms with Gasteiger partial charge in [0.2, 0.25) is 0 Å². The summed E-state index contributed by atoms with van der Waals surface area (Å²) >= 11 is 0. The first-order chi connectivity index (χ1) is 16.4. The first kappa shape index (κ1) is 23.8. The number of ether oxygens (including phenoxy) is 2. The fraction of sp³-hybridized carbons (Fsp3) is 0.346. The van der Waals surface area contributed by atoms with Crippen LogP contribution in [0.3, 0.4) is 0 Å². The number of hydrogen-bond acceptors (Lipinski definition) is 6. The molecule has 2 N–H and O–H groups in total. The number of halogens is 1. The molecular weight excluding hydrogens is 439 g/mol. The predicted octanol–water partition coefficient (Wildman–Crippen LogP) is 4.18. The van der Waals surface area contributed by atoms with Gasteiger partial charge >= 0.3 is 0 Å². The van der Waals surface area contributed by atoms with E-state index in [0.29, 0.717) is 30.3 Å². The van der Waals surface area contributed by atoms with Gasteiger partial charge in [-0.3, -0.25) is 9.69 Å². The first-order valence-corrected chi connectivity index (χ1v) is 11.3. The Bertz CT molecular complexity index is 1110. The van der Waals surface area contributed by atoms with Crippen LogP contribution in [0.25, 0.3) is 0 Å². The lowest BCUT2D eigenvalue weighted by molar-refractivity contribution is 0.0722. The molecule has 7 nitrogen and oxygen atoms in total. The number of β-amino-alcohol motifs (C(OH)–C–C–N with tert-alkyl or cyclic N) is 1. The maximum Gasteiger partial charge on any atom is 0.291 e. The number of hydrogen-bond donors (Lipinski definition) is 2. The predicted molar refractivity (Wildman–Crippen MR) is 126 cm³/mol. The van der Waals surface area contributed by atoms with Crippen LogP contribution >= 0.6 is 0 Å². The minimum absolute atomic E-state index is 0.0118. The Morgan fingerprint density at radius 1 is 1.24 bits per heavy atom. The summed E-state index contributed by atoms with van der Waals surface area (Å²) in [5.74, 6) is 0.710. The van der Waals surface area contributed by atoms with Crippen molar-refractivity contribution in [2.45, 2.75) is 32.5 Å². The molecular formula is C26H29FN2O5. The SMILES string of the molecule is Cc1ccc(NC(=O)c2occc2C)c(OCC(O)CN2CCC(Oc3ccc(F)cc3)C2)c1. The number of aliphatic hydroxyl groups is 1. The van der Waals surface area contributed by atoms with Crippen LogP contribution in [0.1, 0.15) is 28.1 Å². The van der Waals surface area contributed by atoms with Gasteiger partial charge in [0.15, 0.2) is 5.76 Å². The molecule has 1 saturated heterocycles. The Hall–Kier alpha value is -3.36. The third-order valence-corrected chi connectivity index (χ3v) is 5.70. The third kappa shape index (κ3) is 6.15. The highest BCUT2D eigenvalue weighted by atomic mass is 19.1. The second-order valence-corrected chi connectivity index (χ2v) is 8.59. The van der Waals surface area contributed by atoms with E-state index in [1.807, 2.05) is 19.1 Å². The largest absolute Gasteiger partial charge is 0.489 e. The maximum absolute atomic E-state index is 13.1. The number of aryl methyl sites for hydroxylation is 2. The molecule has 4 rings (SSSR count). The van der Waals surface area contributed by atoms with Crippen molar-refractivity contribution in [1.29, 1.82) is 0 Å². The van der Waals surface area contributed by atoms with E-state index in [1.165, 1.54) is 18.4 Å². The summed E-state index contributed by atoms with van der Waals surface area (Å²) in [5, 5.41) is 13.4. The van der Waals surface area contributed by atoms with Crippen LogP contribution in [-0.4, -0.2) is 54.4 Å². The van der Waals surface area contributed by atoms with Gasteiger partial charge in [0.25, 0.3) is 5.91 Å². The van der Waals surface area contributed by atoms with Gasteiger partial charge in [0, 0.05) is 25.2 Å². The van der Waals surface area contributed by atoms with Crippen molar-refractivity contribution in [3.63, 3.8) is 0 Å². The average molecular weight is 469 g/mol. The van der Waals surface area contributed by atoms with E-state index >= 15 is 0 Å². The molecule has 180 valence electrons. The minimum Gasteiger partial charge on any atom is -0.489 e. The van der Waals surface area contributed by atoms with E-state index in [4.69, 9.17) is 13.9 Å². The quantitative estimate of drug-likeness (QED) is 0.490. The summed E-state index contributed by atoms with van der Waals surface area (Å²) in [4.78, 5) is 14.6. The normalized spacial score (nSPS) is 16.9. The zero-order valence-electron chi connectivity index (χ0n) is 19.3. The molecule has 0 saturated carbocycles. The molecule has 0 spiro atoms. The van der Waals surface area contributed by atoms with Gasteiger partial charge in [0.1, 0.15) is 36.1 Å². The third-order valence-electron chi connectivity index (χ3n) is 5.70. The Morgan fingerprint density at radius 3 is 2.76 bits per heavy atom. The zero-order valence-corrected chi connectivity index (χ0v) is 19.3. The summed E-state index contributed by atoms with van der Waals surface area (Å²) in [7, 11) is 0. The number of nitrogens with one attached hydrogen (secondary N) is 1. The average Bonchev–Trinajstić information content (AvgIpc) is 3.44. The molecule has 2 unspecified atom stereocenters. The minimum atomic E-state index is -0.721. The summed E-state index contributed by atoms with van der Waals surface area (Å²) in [6.45, 7) is 5.69. The second-order valence-electron chi connectivity index (χ2n) is 8.59. The second kappa shape index (κ2) is 10.7. The number of nitrogens with zero attached hydrogens (tertiary/aromatic N) is 1. The number of likely N-dealkylation sites (tertiary alicyclic amines) is 1. The lowest BCUT2D eigenvalue weighted by atomic mass is 10.2. The van der Waals surface area contributed by atoms with E-state index in [9.17, 15) is 14.3 Å². The van der Waals surface area contributed by atoms with Crippen LogP contribution in [0.5, 0.6) is 11.5 Å². The molecule has 3 aromatic rings. The van der Waals surface area contributed by atoms with Crippen molar-refractivity contribution in [2.75, 3.05) is 31.6 Å². The zero-order chi connectivity index (χ0) is 24.1. The van der Waals surface area contributed by atoms with Gasteiger partial charge in [-0.05, 0) is 68.3 Å². The van der Waals surface area contributed by atoms with Gasteiger partial charge in [-0.25, -0.2) is 4.39 Å². The van der Waals surface area contributed by atoms with Crippen molar-refractivity contribution in [2.24, 2.45) is 0 Å². The van der Waals surface area contributed by atoms with Crippen molar-refractivity contribution in [3.8, 4) is 11.5 Å². The number of carbonyl (C=O) groups excluding carboxylic acids is 1. The topological polar surface area (TPSA) is 84.2 Å². The van der Waals surface area contributed by atoms with Crippen molar-refractivity contribution < 1.29 is 28.2 Å². The van der Waals surface area contributed by atoms with Gasteiger partial charge in [-0.2, -0.15) is 0 Å². The van der Waals surface area contributed by atoms with Crippen LogP contribution in [0, 0.1) is 19.7 Å². The molecule has 1 aromatic heterocycles. The number of carbonyl (C=O) groups is 1. The van der Waals surface area contributed by atoms with E-state index in [-0.39, 0.29) is 30.2 Å². The van der Waals surface area contributed by atoms with Gasteiger partial charge in [-0.1, -0.05) is 6.07 Å². The molecule has 1 aliphatic heterocycles. The summed E-state index contributed by atoms with van der Waals surface area (Å²) in [5.41, 5.74) is 2.22. The Morgan fingerprint density at radius 2 is 2.03 bits per heavy atom. The van der Waals surface area contributed by atoms with Gasteiger partial charge < -0.3 is 24.3 Å². The summed E-state index contributed by atoms with van der Waals surface area (Å²) in [6, 6.07) is 13.2. The van der Waals surface area contributed by atoms with Crippen LogP contribution in [0.4, 0.5) is 10.1 Å². The fourth-order valence-electron chi connectivity index (χ4n) is 3.94. The highest BCUT2D eigenvalue weighted by Crippen LogP contribution is 2.27. The highest BCUT2D eigenvalue weighted by molar-refractivity contribution is 6.04. The molecule has 2 atom stereocenters. The number of benzene rings is 2. The number of amides is 1. The first-order valence-electron chi connectivity index (χ1n) is 11.3. The van der Waals surface area contributed by atoms with Crippen LogP contribution in [0.2, 0.25) is 0 Å². The number of furan rings is 1. The lowest BCUT2D eigenvalue weighted by Crippen LogP contribution is -2.35. The fourth-order valence-corrected chi connectivity index (χ4v) is 3.94. The van der Waals surface area contributed by atoms with Crippen molar-refractivity contribution in [1.82, 2.24) is 4.90 Å². The molecule has 1 aliphatic rings. The van der Waals surface area contributed by atoms with E-state index < -0.39 is 6.10 Å². The van der Waals surface area contributed by atoms with Crippen LogP contribution < -0.4 is 14.8 Å². The molecule has 34 heavy (non-hydrogen) atoms. The maximum atomic E-state index is 13.1. The molecule has 8 heteroatoms. The van der Waals surface area contributed by atoms with Gasteiger partial charge in [-0.15, -0.1) is 0 Å². The van der Waals surface area contributed by atoms with Crippen molar-refractivity contribution in [3.05, 3.63) is 77.5 Å². The molecule has 2 aromatic carbocycles. The lowest BCUT2D eigenvalue weighted by Gasteiger charge is -2.21.